The van der Waals surface area contributed by atoms with Crippen LogP contribution in [0.15, 0.2) is 23.7 Å². The number of rotatable bonds is 3. The van der Waals surface area contributed by atoms with Crippen LogP contribution in [0.25, 0.3) is 10.2 Å². The first kappa shape index (κ1) is 15.4. The number of ether oxygens (including phenoxy) is 1. The summed E-state index contributed by atoms with van der Waals surface area (Å²) in [6.07, 6.45) is -0.0746. The van der Waals surface area contributed by atoms with Crippen LogP contribution in [0.3, 0.4) is 0 Å². The molecule has 4 rings (SSSR count). The number of para-hydroxylation sites is 1. The molecule has 2 amide bonds. The van der Waals surface area contributed by atoms with Crippen molar-refractivity contribution in [2.24, 2.45) is 0 Å². The van der Waals surface area contributed by atoms with Crippen LogP contribution < -0.4 is 10.1 Å². The van der Waals surface area contributed by atoms with Gasteiger partial charge in [-0.05, 0) is 19.1 Å². The summed E-state index contributed by atoms with van der Waals surface area (Å²) in [4.78, 5) is 18.2. The Labute approximate surface area is 147 Å². The number of nitrogens with one attached hydrogen (secondary N) is 2. The van der Waals surface area contributed by atoms with Crippen molar-refractivity contribution < 1.29 is 9.53 Å². The third kappa shape index (κ3) is 2.77. The van der Waals surface area contributed by atoms with Gasteiger partial charge in [0, 0.05) is 0 Å². The van der Waals surface area contributed by atoms with Crippen LogP contribution in [0.5, 0.6) is 5.75 Å². The fraction of sp³-hybridized carbons (Fsp3) is 0.250. The molecule has 0 radical (unpaired) electrons. The molecule has 2 N–H and O–H groups in total. The van der Waals surface area contributed by atoms with E-state index in [1.54, 1.807) is 28.7 Å². The smallest absolute Gasteiger partial charge is 0.323 e. The number of benzene rings is 1. The molecule has 2 aromatic heterocycles. The minimum absolute atomic E-state index is 0.0746. The van der Waals surface area contributed by atoms with Gasteiger partial charge in [0.1, 0.15) is 29.0 Å². The third-order valence-electron chi connectivity index (χ3n) is 4.04. The summed E-state index contributed by atoms with van der Waals surface area (Å²) in [5, 5.41) is 18.4. The van der Waals surface area contributed by atoms with Crippen molar-refractivity contribution in [1.29, 1.82) is 5.26 Å². The Hall–Kier alpha value is -3.12. The number of thiazole rings is 1. The maximum atomic E-state index is 12.2. The van der Waals surface area contributed by atoms with Gasteiger partial charge in [0.05, 0.1) is 29.0 Å². The fourth-order valence-electron chi connectivity index (χ4n) is 2.65. The lowest BCUT2D eigenvalue weighted by Crippen LogP contribution is -2.57. The normalized spacial score (nSPS) is 14.2. The molecular formula is C16H14N6O2S. The van der Waals surface area contributed by atoms with Crippen LogP contribution >= 0.6 is 11.3 Å². The Balaban J connectivity index is 1.36. The molecule has 0 spiro atoms. The van der Waals surface area contributed by atoms with Crippen molar-refractivity contribution in [2.75, 3.05) is 18.4 Å². The van der Waals surface area contributed by atoms with E-state index in [1.165, 1.54) is 0 Å². The number of carbonyl (C=O) groups is 1. The third-order valence-corrected chi connectivity index (χ3v) is 4.83. The zero-order valence-electron chi connectivity index (χ0n) is 13.3. The van der Waals surface area contributed by atoms with E-state index in [-0.39, 0.29) is 18.0 Å². The molecule has 0 bridgehead atoms. The lowest BCUT2D eigenvalue weighted by Gasteiger charge is -2.38. The average molecular weight is 354 g/mol. The molecule has 25 heavy (non-hydrogen) atoms. The monoisotopic (exact) mass is 354 g/mol. The van der Waals surface area contributed by atoms with Gasteiger partial charge in [0.2, 0.25) is 0 Å². The average Bonchev–Trinajstić information content (AvgIpc) is 3.17. The SMILES string of the molecule is Cc1[nH]nc(NC(=O)N2CC(Oc3cccc4scnc34)C2)c1C#N. The number of urea groups is 1. The number of fused-ring (bicyclic) bond motifs is 1. The van der Waals surface area contributed by atoms with Crippen molar-refractivity contribution in [2.45, 2.75) is 13.0 Å². The Morgan fingerprint density at radius 3 is 3.16 bits per heavy atom. The Bertz CT molecular complexity index is 982. The number of hydrogen-bond donors (Lipinski definition) is 2. The molecule has 1 aliphatic rings. The largest absolute Gasteiger partial charge is 0.484 e. The second-order valence-corrected chi connectivity index (χ2v) is 6.60. The highest BCUT2D eigenvalue weighted by atomic mass is 32.1. The lowest BCUT2D eigenvalue weighted by atomic mass is 10.2. The highest BCUT2D eigenvalue weighted by molar-refractivity contribution is 7.16. The van der Waals surface area contributed by atoms with E-state index in [4.69, 9.17) is 10.00 Å². The van der Waals surface area contributed by atoms with Gasteiger partial charge >= 0.3 is 6.03 Å². The van der Waals surface area contributed by atoms with E-state index in [1.807, 2.05) is 24.3 Å². The summed E-state index contributed by atoms with van der Waals surface area (Å²) in [6, 6.07) is 7.54. The first-order chi connectivity index (χ1) is 12.2. The summed E-state index contributed by atoms with van der Waals surface area (Å²) in [5.41, 5.74) is 3.60. The van der Waals surface area contributed by atoms with Gasteiger partial charge in [-0.15, -0.1) is 11.3 Å². The minimum Gasteiger partial charge on any atom is -0.484 e. The van der Waals surface area contributed by atoms with E-state index in [0.717, 1.165) is 16.0 Å². The van der Waals surface area contributed by atoms with Crippen molar-refractivity contribution in [3.8, 4) is 11.8 Å². The highest BCUT2D eigenvalue weighted by Gasteiger charge is 2.33. The van der Waals surface area contributed by atoms with Gasteiger partial charge in [-0.3, -0.25) is 10.4 Å². The molecule has 126 valence electrons. The first-order valence-corrected chi connectivity index (χ1v) is 8.53. The van der Waals surface area contributed by atoms with Crippen LogP contribution in [0.2, 0.25) is 0 Å². The van der Waals surface area contributed by atoms with E-state index in [2.05, 4.69) is 20.5 Å². The van der Waals surface area contributed by atoms with E-state index >= 15 is 0 Å². The maximum absolute atomic E-state index is 12.2. The molecule has 3 heterocycles. The number of nitriles is 1. The molecule has 0 unspecified atom stereocenters. The quantitative estimate of drug-likeness (QED) is 0.751. The minimum atomic E-state index is -0.297. The topological polar surface area (TPSA) is 107 Å². The standard InChI is InChI=1S/C16H14N6O2S/c1-9-11(5-17)15(21-20-9)19-16(23)22-6-10(7-22)24-12-3-2-4-13-14(12)18-8-25-13/h2-4,8,10H,6-7H2,1H3,(H2,19,20,21,23). The van der Waals surface area contributed by atoms with Gasteiger partial charge in [-0.25, -0.2) is 9.78 Å². The Kier molecular flexibility index (Phi) is 3.74. The molecule has 8 nitrogen and oxygen atoms in total. The molecule has 0 aliphatic carbocycles. The lowest BCUT2D eigenvalue weighted by molar-refractivity contribution is 0.0502. The number of H-pyrrole nitrogens is 1. The molecule has 0 saturated carbocycles. The molecule has 1 aromatic carbocycles. The second kappa shape index (κ2) is 6.07. The van der Waals surface area contributed by atoms with Crippen LogP contribution in [0, 0.1) is 18.3 Å². The number of amides is 2. The zero-order chi connectivity index (χ0) is 17.4. The van der Waals surface area contributed by atoms with Crippen molar-refractivity contribution in [1.82, 2.24) is 20.1 Å². The molecule has 9 heteroatoms. The Morgan fingerprint density at radius 1 is 1.52 bits per heavy atom. The number of carbonyl (C=O) groups excluding carboxylic acids is 1. The molecule has 1 fully saturated rings. The summed E-state index contributed by atoms with van der Waals surface area (Å²) in [6.45, 7) is 2.67. The number of aromatic nitrogens is 3. The van der Waals surface area contributed by atoms with E-state index in [0.29, 0.717) is 24.3 Å². The molecule has 1 aliphatic heterocycles. The number of hydrogen-bond acceptors (Lipinski definition) is 6. The van der Waals surface area contributed by atoms with E-state index < -0.39 is 0 Å². The predicted octanol–water partition coefficient (Wildman–Crippen LogP) is 2.49. The summed E-state index contributed by atoms with van der Waals surface area (Å²) in [5.74, 6) is 0.986. The van der Waals surface area contributed by atoms with Gasteiger partial charge < -0.3 is 9.64 Å². The first-order valence-electron chi connectivity index (χ1n) is 7.65. The second-order valence-electron chi connectivity index (χ2n) is 5.71. The van der Waals surface area contributed by atoms with Crippen molar-refractivity contribution in [3.05, 3.63) is 35.0 Å². The molecule has 3 aromatic rings. The highest BCUT2D eigenvalue weighted by Crippen LogP contribution is 2.29. The molecular weight excluding hydrogens is 340 g/mol. The Morgan fingerprint density at radius 2 is 2.36 bits per heavy atom. The summed E-state index contributed by atoms with van der Waals surface area (Å²) in [7, 11) is 0. The van der Waals surface area contributed by atoms with Gasteiger partial charge in [0.25, 0.3) is 0 Å². The zero-order valence-corrected chi connectivity index (χ0v) is 14.1. The van der Waals surface area contributed by atoms with Gasteiger partial charge in [-0.2, -0.15) is 10.4 Å². The van der Waals surface area contributed by atoms with Gasteiger partial charge in [0.15, 0.2) is 5.82 Å². The number of aromatic amines is 1. The van der Waals surface area contributed by atoms with Crippen molar-refractivity contribution >= 4 is 33.4 Å². The number of anilines is 1. The number of aryl methyl sites for hydroxylation is 1. The number of likely N-dealkylation sites (tertiary alicyclic amines) is 1. The van der Waals surface area contributed by atoms with Crippen LogP contribution in [-0.2, 0) is 0 Å². The van der Waals surface area contributed by atoms with E-state index in [9.17, 15) is 4.79 Å². The molecule has 0 atom stereocenters. The number of nitrogens with zero attached hydrogens (tertiary/aromatic N) is 4. The summed E-state index contributed by atoms with van der Waals surface area (Å²) >= 11 is 1.56. The van der Waals surface area contributed by atoms with Crippen LogP contribution in [0.1, 0.15) is 11.3 Å². The predicted molar refractivity (Wildman–Crippen MR) is 92.7 cm³/mol. The van der Waals surface area contributed by atoms with Crippen LogP contribution in [-0.4, -0.2) is 45.3 Å². The summed E-state index contributed by atoms with van der Waals surface area (Å²) < 4.78 is 7.02. The maximum Gasteiger partial charge on any atom is 0.323 e. The van der Waals surface area contributed by atoms with Crippen LogP contribution in [0.4, 0.5) is 10.6 Å². The van der Waals surface area contributed by atoms with Gasteiger partial charge in [-0.1, -0.05) is 6.07 Å². The molecule has 1 saturated heterocycles. The fourth-order valence-corrected chi connectivity index (χ4v) is 3.34. The van der Waals surface area contributed by atoms with Crippen molar-refractivity contribution in [3.63, 3.8) is 0 Å².